The number of thioether (sulfide) groups is 1. The molecule has 3 rings (SSSR count). The number of nitrogens with one attached hydrogen (secondary N) is 1. The molecular formula is C13H24N2S. The van der Waals surface area contributed by atoms with E-state index in [1.54, 1.807) is 0 Å². The third-order valence-electron chi connectivity index (χ3n) is 4.50. The molecule has 1 N–H and O–H groups in total. The molecule has 2 aliphatic heterocycles. The van der Waals surface area contributed by atoms with E-state index in [2.05, 4.69) is 22.0 Å². The van der Waals surface area contributed by atoms with E-state index in [1.807, 2.05) is 0 Å². The number of hydrogen-bond donors (Lipinski definition) is 1. The van der Waals surface area contributed by atoms with Gasteiger partial charge in [-0.15, -0.1) is 0 Å². The highest BCUT2D eigenvalue weighted by Gasteiger charge is 2.38. The molecule has 0 bridgehead atoms. The molecule has 2 saturated heterocycles. The Morgan fingerprint density at radius 3 is 2.88 bits per heavy atom. The summed E-state index contributed by atoms with van der Waals surface area (Å²) >= 11 is 2.20. The van der Waals surface area contributed by atoms with Crippen molar-refractivity contribution >= 4 is 11.8 Å². The molecule has 1 atom stereocenters. The van der Waals surface area contributed by atoms with Crippen molar-refractivity contribution in [3.8, 4) is 0 Å². The van der Waals surface area contributed by atoms with Crippen LogP contribution in [0.4, 0.5) is 0 Å². The van der Waals surface area contributed by atoms with E-state index in [4.69, 9.17) is 0 Å². The number of piperazine rings is 1. The van der Waals surface area contributed by atoms with Gasteiger partial charge >= 0.3 is 0 Å². The lowest BCUT2D eigenvalue weighted by atomic mass is 9.94. The fraction of sp³-hybridized carbons (Fsp3) is 1.00. The summed E-state index contributed by atoms with van der Waals surface area (Å²) in [5.74, 6) is 1.40. The van der Waals surface area contributed by atoms with E-state index in [-0.39, 0.29) is 0 Å². The maximum Gasteiger partial charge on any atom is 0.0309 e. The molecule has 92 valence electrons. The first kappa shape index (κ1) is 11.4. The average Bonchev–Trinajstić information content (AvgIpc) is 2.91. The Kier molecular flexibility index (Phi) is 3.46. The van der Waals surface area contributed by atoms with Crippen LogP contribution in [-0.2, 0) is 0 Å². The summed E-state index contributed by atoms with van der Waals surface area (Å²) < 4.78 is 0. The Balaban J connectivity index is 1.55. The summed E-state index contributed by atoms with van der Waals surface area (Å²) in [6, 6.07) is 0. The van der Waals surface area contributed by atoms with E-state index in [0.29, 0.717) is 5.54 Å². The van der Waals surface area contributed by atoms with Crippen LogP contribution in [0.2, 0.25) is 0 Å². The summed E-state index contributed by atoms with van der Waals surface area (Å²) in [6.45, 7) is 5.17. The maximum atomic E-state index is 3.80. The zero-order valence-corrected chi connectivity index (χ0v) is 11.0. The van der Waals surface area contributed by atoms with Crippen LogP contribution >= 0.6 is 11.8 Å². The Morgan fingerprint density at radius 2 is 2.12 bits per heavy atom. The molecule has 3 fully saturated rings. The molecule has 0 aromatic rings. The lowest BCUT2D eigenvalue weighted by Gasteiger charge is -2.42. The van der Waals surface area contributed by atoms with Gasteiger partial charge in [-0.3, -0.25) is 4.90 Å². The Labute approximate surface area is 104 Å². The summed E-state index contributed by atoms with van der Waals surface area (Å²) in [6.07, 6.45) is 8.63. The number of rotatable bonds is 2. The largest absolute Gasteiger partial charge is 0.309 e. The van der Waals surface area contributed by atoms with Crippen LogP contribution < -0.4 is 5.32 Å². The van der Waals surface area contributed by atoms with Gasteiger partial charge < -0.3 is 5.32 Å². The predicted octanol–water partition coefficient (Wildman–Crippen LogP) is 2.10. The monoisotopic (exact) mass is 240 g/mol. The third kappa shape index (κ3) is 2.41. The second-order valence-electron chi connectivity index (χ2n) is 5.78. The van der Waals surface area contributed by atoms with Gasteiger partial charge in [0.1, 0.15) is 0 Å². The molecule has 1 aliphatic carbocycles. The molecular weight excluding hydrogens is 216 g/mol. The first-order chi connectivity index (χ1) is 7.86. The topological polar surface area (TPSA) is 15.3 Å². The van der Waals surface area contributed by atoms with E-state index in [9.17, 15) is 0 Å². The van der Waals surface area contributed by atoms with Gasteiger partial charge in [0.25, 0.3) is 0 Å². The predicted molar refractivity (Wildman–Crippen MR) is 71.1 cm³/mol. The Morgan fingerprint density at radius 1 is 1.25 bits per heavy atom. The molecule has 3 heteroatoms. The molecule has 2 heterocycles. The molecule has 1 unspecified atom stereocenters. The van der Waals surface area contributed by atoms with Crippen LogP contribution in [0.25, 0.3) is 0 Å². The van der Waals surface area contributed by atoms with Crippen LogP contribution in [0, 0.1) is 0 Å². The standard InChI is InChI=1S/C13H24N2S/c1-2-6-13(5-1)11-15(8-7-14-13)10-12-4-3-9-16-12/h12,14H,1-11H2. The van der Waals surface area contributed by atoms with Crippen LogP contribution in [0.5, 0.6) is 0 Å². The van der Waals surface area contributed by atoms with Crippen molar-refractivity contribution in [1.82, 2.24) is 10.2 Å². The SMILES string of the molecule is C1CSC(CN2CCNC3(CCCC3)C2)C1. The second kappa shape index (κ2) is 4.87. The zero-order valence-electron chi connectivity index (χ0n) is 10.2. The van der Waals surface area contributed by atoms with E-state index in [0.717, 1.165) is 5.25 Å². The normalized spacial score (nSPS) is 34.9. The average molecular weight is 240 g/mol. The molecule has 0 aromatic carbocycles. The van der Waals surface area contributed by atoms with Crippen LogP contribution in [-0.4, -0.2) is 47.6 Å². The van der Waals surface area contributed by atoms with Crippen molar-refractivity contribution in [3.05, 3.63) is 0 Å². The van der Waals surface area contributed by atoms with Crippen molar-refractivity contribution in [1.29, 1.82) is 0 Å². The van der Waals surface area contributed by atoms with Gasteiger partial charge in [-0.1, -0.05) is 12.8 Å². The molecule has 0 amide bonds. The first-order valence-corrected chi connectivity index (χ1v) is 8.00. The highest BCUT2D eigenvalue weighted by Crippen LogP contribution is 2.33. The molecule has 1 spiro atoms. The lowest BCUT2D eigenvalue weighted by molar-refractivity contribution is 0.135. The van der Waals surface area contributed by atoms with E-state index < -0.39 is 0 Å². The van der Waals surface area contributed by atoms with Crippen molar-refractivity contribution in [2.45, 2.75) is 49.3 Å². The quantitative estimate of drug-likeness (QED) is 0.796. The van der Waals surface area contributed by atoms with Gasteiger partial charge in [-0.2, -0.15) is 11.8 Å². The number of hydrogen-bond acceptors (Lipinski definition) is 3. The number of nitrogens with zero attached hydrogens (tertiary/aromatic N) is 1. The minimum atomic E-state index is 0.515. The van der Waals surface area contributed by atoms with Crippen molar-refractivity contribution in [2.75, 3.05) is 31.9 Å². The van der Waals surface area contributed by atoms with Gasteiger partial charge in [0.05, 0.1) is 0 Å². The smallest absolute Gasteiger partial charge is 0.0309 e. The molecule has 0 aromatic heterocycles. The van der Waals surface area contributed by atoms with Crippen LogP contribution in [0.1, 0.15) is 38.5 Å². The zero-order chi connectivity index (χ0) is 10.8. The van der Waals surface area contributed by atoms with E-state index >= 15 is 0 Å². The first-order valence-electron chi connectivity index (χ1n) is 6.95. The minimum Gasteiger partial charge on any atom is -0.309 e. The minimum absolute atomic E-state index is 0.515. The fourth-order valence-electron chi connectivity index (χ4n) is 3.66. The van der Waals surface area contributed by atoms with Crippen molar-refractivity contribution in [2.24, 2.45) is 0 Å². The maximum absolute atomic E-state index is 3.80. The molecule has 3 aliphatic rings. The highest BCUT2D eigenvalue weighted by atomic mass is 32.2. The van der Waals surface area contributed by atoms with Crippen molar-refractivity contribution < 1.29 is 0 Å². The second-order valence-corrected chi connectivity index (χ2v) is 7.19. The van der Waals surface area contributed by atoms with Crippen LogP contribution in [0.15, 0.2) is 0 Å². The molecule has 2 nitrogen and oxygen atoms in total. The molecule has 16 heavy (non-hydrogen) atoms. The summed E-state index contributed by atoms with van der Waals surface area (Å²) in [4.78, 5) is 2.74. The van der Waals surface area contributed by atoms with Gasteiger partial charge in [0, 0.05) is 37.0 Å². The fourth-order valence-corrected chi connectivity index (χ4v) is 4.98. The van der Waals surface area contributed by atoms with Crippen molar-refractivity contribution in [3.63, 3.8) is 0 Å². The van der Waals surface area contributed by atoms with Gasteiger partial charge in [-0.25, -0.2) is 0 Å². The summed E-state index contributed by atoms with van der Waals surface area (Å²) in [5.41, 5.74) is 0.515. The summed E-state index contributed by atoms with van der Waals surface area (Å²) in [7, 11) is 0. The highest BCUT2D eigenvalue weighted by molar-refractivity contribution is 8.00. The Hall–Kier alpha value is 0.270. The van der Waals surface area contributed by atoms with Crippen LogP contribution in [0.3, 0.4) is 0 Å². The third-order valence-corrected chi connectivity index (χ3v) is 5.88. The summed E-state index contributed by atoms with van der Waals surface area (Å²) in [5, 5.41) is 4.74. The molecule has 0 radical (unpaired) electrons. The lowest BCUT2D eigenvalue weighted by Crippen LogP contribution is -2.59. The van der Waals surface area contributed by atoms with Gasteiger partial charge in [0.15, 0.2) is 0 Å². The van der Waals surface area contributed by atoms with Gasteiger partial charge in [-0.05, 0) is 31.4 Å². The van der Waals surface area contributed by atoms with E-state index in [1.165, 1.54) is 70.5 Å². The van der Waals surface area contributed by atoms with Gasteiger partial charge in [0.2, 0.25) is 0 Å². The molecule has 1 saturated carbocycles. The Bertz CT molecular complexity index is 232.